The molecule has 67 valence electrons. The molecule has 0 N–H and O–H groups in total. The third kappa shape index (κ3) is 2.67. The summed E-state index contributed by atoms with van der Waals surface area (Å²) in [7, 11) is 0. The molecule has 5 heteroatoms. The fraction of sp³-hybridized carbons (Fsp3) is 0.125. The first-order chi connectivity index (χ1) is 6.03. The summed E-state index contributed by atoms with van der Waals surface area (Å²) in [6.07, 6.45) is -4.77. The minimum Gasteiger partial charge on any atom is -0.404 e. The van der Waals surface area contributed by atoms with Crippen LogP contribution in [0.3, 0.4) is 0 Å². The van der Waals surface area contributed by atoms with Gasteiger partial charge in [0.15, 0.2) is 0 Å². The van der Waals surface area contributed by atoms with Crippen molar-refractivity contribution in [1.82, 2.24) is 0 Å². The fourth-order valence-corrected chi connectivity index (χ4v) is 0.717. The van der Waals surface area contributed by atoms with Crippen molar-refractivity contribution in [3.63, 3.8) is 0 Å². The lowest BCUT2D eigenvalue weighted by molar-refractivity contribution is -0.274. The Morgan fingerprint density at radius 2 is 2.15 bits per heavy atom. The smallest absolute Gasteiger partial charge is 0.404 e. The second-order valence-electron chi connectivity index (χ2n) is 2.08. The lowest BCUT2D eigenvalue weighted by Crippen LogP contribution is -2.17. The van der Waals surface area contributed by atoms with Crippen LogP contribution in [0.2, 0.25) is 0 Å². The summed E-state index contributed by atoms with van der Waals surface area (Å²) in [5, 5.41) is 8.40. The highest BCUT2D eigenvalue weighted by molar-refractivity contribution is 5.42. The monoisotopic (exact) mass is 186 g/mol. The molecule has 1 radical (unpaired) electrons. The molecule has 0 fully saturated rings. The summed E-state index contributed by atoms with van der Waals surface area (Å²) in [6.45, 7) is 0. The van der Waals surface area contributed by atoms with E-state index in [0.717, 1.165) is 12.1 Å². The van der Waals surface area contributed by atoms with Gasteiger partial charge in [-0.2, -0.15) is 5.26 Å². The van der Waals surface area contributed by atoms with Crippen molar-refractivity contribution in [2.24, 2.45) is 0 Å². The van der Waals surface area contributed by atoms with Crippen LogP contribution < -0.4 is 4.74 Å². The molecule has 1 aromatic rings. The van der Waals surface area contributed by atoms with Crippen molar-refractivity contribution < 1.29 is 17.9 Å². The molecular formula is C8H3F3NO. The first-order valence-corrected chi connectivity index (χ1v) is 3.19. The zero-order chi connectivity index (χ0) is 9.90. The largest absolute Gasteiger partial charge is 0.573 e. The second-order valence-corrected chi connectivity index (χ2v) is 2.08. The number of nitriles is 1. The van der Waals surface area contributed by atoms with E-state index in [9.17, 15) is 13.2 Å². The molecule has 0 unspecified atom stereocenters. The molecule has 2 nitrogen and oxygen atoms in total. The highest BCUT2D eigenvalue weighted by atomic mass is 19.4. The van der Waals surface area contributed by atoms with Gasteiger partial charge in [-0.05, 0) is 18.2 Å². The molecule has 0 spiro atoms. The molecule has 0 aromatic heterocycles. The normalized spacial score (nSPS) is 10.6. The van der Waals surface area contributed by atoms with Crippen LogP contribution in [-0.2, 0) is 0 Å². The number of ether oxygens (including phenoxy) is 1. The second kappa shape index (κ2) is 3.35. The third-order valence-electron chi connectivity index (χ3n) is 1.17. The summed E-state index contributed by atoms with van der Waals surface area (Å²) in [5.41, 5.74) is -0.195. The average molecular weight is 186 g/mol. The Balaban J connectivity index is 2.96. The van der Waals surface area contributed by atoms with Crippen LogP contribution in [0.25, 0.3) is 0 Å². The predicted octanol–water partition coefficient (Wildman–Crippen LogP) is 2.26. The van der Waals surface area contributed by atoms with Crippen molar-refractivity contribution in [2.75, 3.05) is 0 Å². The Morgan fingerprint density at radius 1 is 1.46 bits per heavy atom. The van der Waals surface area contributed by atoms with E-state index in [4.69, 9.17) is 5.26 Å². The number of alkyl halides is 3. The van der Waals surface area contributed by atoms with E-state index in [1.165, 1.54) is 6.07 Å². The van der Waals surface area contributed by atoms with Gasteiger partial charge < -0.3 is 4.74 Å². The number of hydrogen-bond acceptors (Lipinski definition) is 2. The molecular weight excluding hydrogens is 183 g/mol. The van der Waals surface area contributed by atoms with Gasteiger partial charge in [0, 0.05) is 0 Å². The molecule has 0 saturated carbocycles. The van der Waals surface area contributed by atoms with E-state index < -0.39 is 12.1 Å². The third-order valence-corrected chi connectivity index (χ3v) is 1.17. The Hall–Kier alpha value is -1.70. The number of nitrogens with zero attached hydrogens (tertiary/aromatic N) is 1. The first-order valence-electron chi connectivity index (χ1n) is 3.19. The quantitative estimate of drug-likeness (QED) is 0.673. The molecule has 0 heterocycles. The molecule has 0 aliphatic heterocycles. The van der Waals surface area contributed by atoms with Crippen LogP contribution in [0, 0.1) is 17.4 Å². The van der Waals surface area contributed by atoms with Crippen molar-refractivity contribution in [2.45, 2.75) is 6.36 Å². The van der Waals surface area contributed by atoms with Crippen LogP contribution in [0.4, 0.5) is 13.2 Å². The molecule has 0 aliphatic carbocycles. The molecule has 1 aromatic carbocycles. The molecule has 0 atom stereocenters. The van der Waals surface area contributed by atoms with Crippen LogP contribution in [0.15, 0.2) is 18.2 Å². The van der Waals surface area contributed by atoms with Gasteiger partial charge >= 0.3 is 6.36 Å². The molecule has 0 bridgehead atoms. The fourth-order valence-electron chi connectivity index (χ4n) is 0.717. The summed E-state index contributed by atoms with van der Waals surface area (Å²) in [4.78, 5) is 0. The average Bonchev–Trinajstić information content (AvgIpc) is 2.02. The summed E-state index contributed by atoms with van der Waals surface area (Å²) >= 11 is 0. The van der Waals surface area contributed by atoms with Crippen LogP contribution >= 0.6 is 0 Å². The first kappa shape index (κ1) is 9.39. The van der Waals surface area contributed by atoms with Crippen molar-refractivity contribution in [1.29, 1.82) is 5.26 Å². The predicted molar refractivity (Wildman–Crippen MR) is 36.7 cm³/mol. The Bertz CT molecular complexity index is 340. The van der Waals surface area contributed by atoms with Gasteiger partial charge in [0.25, 0.3) is 0 Å². The Labute approximate surface area is 72.2 Å². The number of rotatable bonds is 1. The van der Waals surface area contributed by atoms with Gasteiger partial charge in [-0.15, -0.1) is 13.2 Å². The van der Waals surface area contributed by atoms with Crippen LogP contribution in [0.5, 0.6) is 5.75 Å². The van der Waals surface area contributed by atoms with Gasteiger partial charge in [-0.1, -0.05) is 6.07 Å². The summed E-state index contributed by atoms with van der Waals surface area (Å²) in [5.74, 6) is -0.506. The van der Waals surface area contributed by atoms with Crippen molar-refractivity contribution in [3.05, 3.63) is 29.8 Å². The van der Waals surface area contributed by atoms with Crippen LogP contribution in [0.1, 0.15) is 5.56 Å². The maximum Gasteiger partial charge on any atom is 0.573 e. The van der Waals surface area contributed by atoms with E-state index in [1.807, 2.05) is 0 Å². The van der Waals surface area contributed by atoms with E-state index in [1.54, 1.807) is 6.07 Å². The van der Waals surface area contributed by atoms with Crippen LogP contribution in [-0.4, -0.2) is 6.36 Å². The minimum atomic E-state index is -4.77. The summed E-state index contributed by atoms with van der Waals surface area (Å²) < 4.78 is 38.7. The Morgan fingerprint density at radius 3 is 2.69 bits per heavy atom. The number of hydrogen-bond donors (Lipinski definition) is 0. The highest BCUT2D eigenvalue weighted by Gasteiger charge is 2.31. The van der Waals surface area contributed by atoms with E-state index in [0.29, 0.717) is 0 Å². The standard InChI is InChI=1S/C8H3F3NO/c9-8(10,11)13-7-4-2-1-3-6(7)5-12/h2-4H. The molecule has 1 rings (SSSR count). The van der Waals surface area contributed by atoms with Gasteiger partial charge in [-0.3, -0.25) is 0 Å². The molecule has 13 heavy (non-hydrogen) atoms. The van der Waals surface area contributed by atoms with Gasteiger partial charge in [0.2, 0.25) is 0 Å². The zero-order valence-electron chi connectivity index (χ0n) is 6.22. The van der Waals surface area contributed by atoms with Gasteiger partial charge in [-0.25, -0.2) is 0 Å². The zero-order valence-corrected chi connectivity index (χ0v) is 6.22. The minimum absolute atomic E-state index is 0.195. The lowest BCUT2D eigenvalue weighted by atomic mass is 10.2. The summed E-state index contributed by atoms with van der Waals surface area (Å²) in [6, 6.07) is 7.43. The SMILES string of the molecule is N#Cc1c[c]ccc1OC(F)(F)F. The molecule has 0 saturated heterocycles. The highest BCUT2D eigenvalue weighted by Crippen LogP contribution is 2.25. The lowest BCUT2D eigenvalue weighted by Gasteiger charge is -2.08. The van der Waals surface area contributed by atoms with E-state index in [-0.39, 0.29) is 5.56 Å². The van der Waals surface area contributed by atoms with Gasteiger partial charge in [0.1, 0.15) is 11.8 Å². The van der Waals surface area contributed by atoms with Crippen molar-refractivity contribution >= 4 is 0 Å². The van der Waals surface area contributed by atoms with E-state index in [2.05, 4.69) is 10.8 Å². The maximum absolute atomic E-state index is 11.7. The number of benzene rings is 1. The topological polar surface area (TPSA) is 33.0 Å². The maximum atomic E-state index is 11.7. The Kier molecular flexibility index (Phi) is 2.42. The number of halogens is 3. The molecule has 0 aliphatic rings. The van der Waals surface area contributed by atoms with E-state index >= 15 is 0 Å². The molecule has 0 amide bonds. The van der Waals surface area contributed by atoms with Gasteiger partial charge in [0.05, 0.1) is 5.56 Å². The van der Waals surface area contributed by atoms with Crippen molar-refractivity contribution in [3.8, 4) is 11.8 Å².